The second kappa shape index (κ2) is 5.62. The number of hydrogen-bond donors (Lipinski definition) is 1. The zero-order chi connectivity index (χ0) is 15.8. The highest BCUT2D eigenvalue weighted by atomic mass is 35.5. The molecule has 0 bridgehead atoms. The van der Waals surface area contributed by atoms with Crippen LogP contribution in [-0.2, 0) is 6.42 Å². The predicted octanol–water partition coefficient (Wildman–Crippen LogP) is 3.62. The molecule has 2 aromatic rings. The van der Waals surface area contributed by atoms with Gasteiger partial charge in [-0.2, -0.15) is 5.10 Å². The molecule has 0 radical (unpaired) electrons. The Morgan fingerprint density at radius 2 is 2.17 bits per heavy atom. The van der Waals surface area contributed by atoms with Gasteiger partial charge in [-0.15, -0.1) is 5.10 Å². The van der Waals surface area contributed by atoms with Crippen LogP contribution in [0.2, 0.25) is 5.02 Å². The first-order valence-corrected chi connectivity index (χ1v) is 7.98. The normalized spacial score (nSPS) is 11.6. The number of aryl methyl sites for hydroxylation is 1. The molecule has 1 N–H and O–H groups in total. The Kier molecular flexibility index (Phi) is 3.46. The van der Waals surface area contributed by atoms with E-state index < -0.39 is 0 Å². The average Bonchev–Trinajstić information content (AvgIpc) is 3.18. The third-order valence-corrected chi connectivity index (χ3v) is 4.05. The number of nitrogens with one attached hydrogen (secondary N) is 1. The Balaban J connectivity index is 1.93. The van der Waals surface area contributed by atoms with Gasteiger partial charge in [0.15, 0.2) is 17.3 Å². The van der Waals surface area contributed by atoms with Crippen LogP contribution in [0.3, 0.4) is 0 Å². The summed E-state index contributed by atoms with van der Waals surface area (Å²) in [6.07, 6.45) is 4.71. The van der Waals surface area contributed by atoms with Gasteiger partial charge < -0.3 is 0 Å². The Bertz CT molecular complexity index is 941. The summed E-state index contributed by atoms with van der Waals surface area (Å²) in [6.45, 7) is 2.16. The number of halogens is 1. The van der Waals surface area contributed by atoms with Crippen molar-refractivity contribution in [3.8, 4) is 22.8 Å². The van der Waals surface area contributed by atoms with Crippen LogP contribution in [0.1, 0.15) is 25.6 Å². The standard InChI is InChI=1S/C16H15ClN6/c1-2-3-7-13-19-15-12(9-18-21-15)16-20-14(22-23(13)16)10-5-4-6-11(17)8-10/h4-6,8-9H,2-3,7H2,1H3,(H,20,22). The lowest BCUT2D eigenvalue weighted by Gasteiger charge is -2.05. The SMILES string of the molecule is CCCCc1nc2nncc-2c2nc(-c3cccc(Cl)c3)[nH]n12. The molecule has 2 aliphatic heterocycles. The minimum Gasteiger partial charge on any atom is -0.274 e. The van der Waals surface area contributed by atoms with Gasteiger partial charge in [0.05, 0.1) is 11.8 Å². The molecular formula is C16H15ClN6. The van der Waals surface area contributed by atoms with Gasteiger partial charge in [-0.25, -0.2) is 14.5 Å². The second-order valence-electron chi connectivity index (χ2n) is 5.46. The lowest BCUT2D eigenvalue weighted by molar-refractivity contribution is 0.713. The molecule has 0 atom stereocenters. The zero-order valence-corrected chi connectivity index (χ0v) is 13.4. The van der Waals surface area contributed by atoms with Gasteiger partial charge >= 0.3 is 0 Å². The van der Waals surface area contributed by atoms with E-state index in [0.29, 0.717) is 10.8 Å². The molecule has 1 aromatic heterocycles. The predicted molar refractivity (Wildman–Crippen MR) is 88.6 cm³/mol. The Labute approximate surface area is 137 Å². The van der Waals surface area contributed by atoms with Crippen molar-refractivity contribution in [1.29, 1.82) is 0 Å². The summed E-state index contributed by atoms with van der Waals surface area (Å²) in [4.78, 5) is 9.34. The number of hydrogen-bond acceptors (Lipinski definition) is 4. The summed E-state index contributed by atoms with van der Waals surface area (Å²) in [6, 6.07) is 7.62. The molecule has 0 unspecified atom stereocenters. The lowest BCUT2D eigenvalue weighted by Crippen LogP contribution is -2.05. The van der Waals surface area contributed by atoms with Gasteiger partial charge in [-0.05, 0) is 18.6 Å². The van der Waals surface area contributed by atoms with E-state index in [1.54, 1.807) is 6.20 Å². The van der Waals surface area contributed by atoms with Gasteiger partial charge in [0.2, 0.25) is 0 Å². The van der Waals surface area contributed by atoms with E-state index in [1.807, 2.05) is 28.8 Å². The minimum atomic E-state index is 0.639. The number of benzene rings is 1. The maximum atomic E-state index is 6.09. The summed E-state index contributed by atoms with van der Waals surface area (Å²) in [5.41, 5.74) is 2.57. The fraction of sp³-hybridized carbons (Fsp3) is 0.250. The molecule has 116 valence electrons. The highest BCUT2D eigenvalue weighted by Gasteiger charge is 2.19. The maximum absolute atomic E-state index is 6.09. The van der Waals surface area contributed by atoms with Crippen LogP contribution in [0.5, 0.6) is 0 Å². The van der Waals surface area contributed by atoms with Crippen molar-refractivity contribution in [3.05, 3.63) is 41.3 Å². The number of unbranched alkanes of at least 4 members (excludes halogenated alkanes) is 1. The Morgan fingerprint density at radius 3 is 3.00 bits per heavy atom. The van der Waals surface area contributed by atoms with Crippen molar-refractivity contribution in [2.45, 2.75) is 26.2 Å². The molecule has 0 amide bonds. The van der Waals surface area contributed by atoms with Crippen molar-refractivity contribution in [2.24, 2.45) is 0 Å². The van der Waals surface area contributed by atoms with Gasteiger partial charge in [-0.3, -0.25) is 5.10 Å². The van der Waals surface area contributed by atoms with Crippen LogP contribution in [0.25, 0.3) is 28.4 Å². The molecule has 0 saturated heterocycles. The monoisotopic (exact) mass is 326 g/mol. The fourth-order valence-electron chi connectivity index (χ4n) is 2.64. The van der Waals surface area contributed by atoms with Crippen molar-refractivity contribution >= 4 is 17.2 Å². The molecule has 1 aromatic carbocycles. The summed E-state index contributed by atoms with van der Waals surface area (Å²) in [7, 11) is 0. The van der Waals surface area contributed by atoms with E-state index in [4.69, 9.17) is 16.6 Å². The molecule has 0 aliphatic carbocycles. The first kappa shape index (κ1) is 14.1. The number of aromatic nitrogens is 6. The maximum Gasteiger partial charge on any atom is 0.188 e. The molecule has 0 saturated carbocycles. The summed E-state index contributed by atoms with van der Waals surface area (Å²) < 4.78 is 1.93. The summed E-state index contributed by atoms with van der Waals surface area (Å²) in [5.74, 6) is 2.30. The number of nitrogens with zero attached hydrogens (tertiary/aromatic N) is 5. The molecule has 3 heterocycles. The fourth-order valence-corrected chi connectivity index (χ4v) is 2.83. The van der Waals surface area contributed by atoms with E-state index in [0.717, 1.165) is 47.7 Å². The molecule has 4 rings (SSSR count). The van der Waals surface area contributed by atoms with Gasteiger partial charge in [0.1, 0.15) is 5.82 Å². The van der Waals surface area contributed by atoms with Crippen LogP contribution in [0.15, 0.2) is 30.5 Å². The third kappa shape index (κ3) is 2.45. The van der Waals surface area contributed by atoms with Crippen molar-refractivity contribution in [2.75, 3.05) is 0 Å². The van der Waals surface area contributed by atoms with Crippen molar-refractivity contribution < 1.29 is 0 Å². The molecule has 2 aliphatic rings. The van der Waals surface area contributed by atoms with E-state index in [-0.39, 0.29) is 0 Å². The lowest BCUT2D eigenvalue weighted by atomic mass is 10.2. The highest BCUT2D eigenvalue weighted by molar-refractivity contribution is 6.30. The van der Waals surface area contributed by atoms with Crippen molar-refractivity contribution in [3.63, 3.8) is 0 Å². The van der Waals surface area contributed by atoms with Gasteiger partial charge in [-0.1, -0.05) is 37.1 Å². The summed E-state index contributed by atoms with van der Waals surface area (Å²) in [5, 5.41) is 12.1. The Hall–Kier alpha value is -2.47. The van der Waals surface area contributed by atoms with Crippen LogP contribution >= 0.6 is 11.6 Å². The van der Waals surface area contributed by atoms with Gasteiger partial charge in [0.25, 0.3) is 0 Å². The molecule has 0 spiro atoms. The molecule has 6 nitrogen and oxygen atoms in total. The number of aromatic amines is 1. The van der Waals surface area contributed by atoms with E-state index in [9.17, 15) is 0 Å². The van der Waals surface area contributed by atoms with E-state index >= 15 is 0 Å². The number of H-pyrrole nitrogens is 1. The van der Waals surface area contributed by atoms with Crippen LogP contribution < -0.4 is 0 Å². The van der Waals surface area contributed by atoms with Crippen LogP contribution in [-0.4, -0.2) is 29.8 Å². The molecular weight excluding hydrogens is 312 g/mol. The first-order valence-electron chi connectivity index (χ1n) is 7.61. The smallest absolute Gasteiger partial charge is 0.188 e. The van der Waals surface area contributed by atoms with E-state index in [1.165, 1.54) is 0 Å². The zero-order valence-electron chi connectivity index (χ0n) is 12.6. The van der Waals surface area contributed by atoms with E-state index in [2.05, 4.69) is 27.2 Å². The quantitative estimate of drug-likeness (QED) is 0.621. The number of fused-ring (bicyclic) bond motifs is 3. The minimum absolute atomic E-state index is 0.639. The third-order valence-electron chi connectivity index (χ3n) is 3.81. The topological polar surface area (TPSA) is 71.8 Å². The highest BCUT2D eigenvalue weighted by Crippen LogP contribution is 2.26. The second-order valence-corrected chi connectivity index (χ2v) is 5.89. The summed E-state index contributed by atoms with van der Waals surface area (Å²) >= 11 is 6.09. The first-order chi connectivity index (χ1) is 11.3. The molecule has 23 heavy (non-hydrogen) atoms. The Morgan fingerprint density at radius 1 is 1.26 bits per heavy atom. The molecule has 7 heteroatoms. The number of rotatable bonds is 4. The largest absolute Gasteiger partial charge is 0.274 e. The molecule has 0 fully saturated rings. The van der Waals surface area contributed by atoms with Crippen molar-refractivity contribution in [1.82, 2.24) is 29.8 Å². The van der Waals surface area contributed by atoms with Crippen LogP contribution in [0, 0.1) is 0 Å². The van der Waals surface area contributed by atoms with Crippen LogP contribution in [0.4, 0.5) is 0 Å². The van der Waals surface area contributed by atoms with Gasteiger partial charge in [0, 0.05) is 17.0 Å². The average molecular weight is 327 g/mol.